The van der Waals surface area contributed by atoms with Crippen LogP contribution in [0.3, 0.4) is 0 Å². The number of carbonyl (C=O) groups excluding carboxylic acids is 2. The molecule has 2 rings (SSSR count). The van der Waals surface area contributed by atoms with Crippen molar-refractivity contribution >= 4 is 11.8 Å². The molecule has 1 saturated heterocycles. The van der Waals surface area contributed by atoms with Crippen molar-refractivity contribution in [1.29, 1.82) is 0 Å². The smallest absolute Gasteiger partial charge is 0.251 e. The van der Waals surface area contributed by atoms with E-state index in [0.29, 0.717) is 18.7 Å². The van der Waals surface area contributed by atoms with Gasteiger partial charge in [-0.25, -0.2) is 0 Å². The second-order valence-corrected chi connectivity index (χ2v) is 5.23. The molecule has 0 aliphatic carbocycles. The van der Waals surface area contributed by atoms with Gasteiger partial charge in [-0.3, -0.25) is 9.59 Å². The van der Waals surface area contributed by atoms with Crippen molar-refractivity contribution in [2.75, 3.05) is 13.1 Å². The number of nitrogens with zero attached hydrogens (tertiary/aromatic N) is 1. The number of amides is 2. The zero-order chi connectivity index (χ0) is 14.5. The van der Waals surface area contributed by atoms with Crippen LogP contribution in [0.2, 0.25) is 0 Å². The Kier molecular flexibility index (Phi) is 4.74. The molecule has 1 aliphatic heterocycles. The molecule has 0 spiro atoms. The number of nitrogens with one attached hydrogen (secondary N) is 1. The predicted octanol–water partition coefficient (Wildman–Crippen LogP) is 0.755. The summed E-state index contributed by atoms with van der Waals surface area (Å²) in [5.41, 5.74) is 6.27. The number of hydrogen-bond acceptors (Lipinski definition) is 3. The van der Waals surface area contributed by atoms with E-state index < -0.39 is 6.04 Å². The van der Waals surface area contributed by atoms with Crippen molar-refractivity contribution in [3.63, 3.8) is 0 Å². The van der Waals surface area contributed by atoms with Crippen molar-refractivity contribution in [3.05, 3.63) is 35.9 Å². The largest absolute Gasteiger partial charge is 0.349 e. The van der Waals surface area contributed by atoms with Gasteiger partial charge in [-0.1, -0.05) is 18.2 Å². The lowest BCUT2D eigenvalue weighted by atomic mass is 10.0. The van der Waals surface area contributed by atoms with Gasteiger partial charge in [-0.15, -0.1) is 0 Å². The number of nitrogens with two attached hydrogens (primary N) is 1. The van der Waals surface area contributed by atoms with E-state index in [4.69, 9.17) is 5.73 Å². The summed E-state index contributed by atoms with van der Waals surface area (Å²) in [4.78, 5) is 25.6. The molecular weight excluding hydrogens is 254 g/mol. The molecule has 1 aliphatic rings. The highest BCUT2D eigenvalue weighted by atomic mass is 16.2. The Hall–Kier alpha value is -1.88. The fraction of sp³-hybridized carbons (Fsp3) is 0.467. The van der Waals surface area contributed by atoms with E-state index in [9.17, 15) is 9.59 Å². The molecule has 1 aromatic carbocycles. The minimum Gasteiger partial charge on any atom is -0.349 e. The minimum atomic E-state index is -0.453. The summed E-state index contributed by atoms with van der Waals surface area (Å²) in [7, 11) is 0. The Labute approximate surface area is 119 Å². The zero-order valence-electron chi connectivity index (χ0n) is 11.7. The van der Waals surface area contributed by atoms with Gasteiger partial charge in [-0.2, -0.15) is 0 Å². The second-order valence-electron chi connectivity index (χ2n) is 5.23. The Morgan fingerprint density at radius 3 is 2.40 bits per heavy atom. The molecule has 1 aromatic rings. The highest BCUT2D eigenvalue weighted by Crippen LogP contribution is 2.12. The van der Waals surface area contributed by atoms with Gasteiger partial charge >= 0.3 is 0 Å². The first-order valence-corrected chi connectivity index (χ1v) is 6.98. The molecule has 5 heteroatoms. The molecule has 108 valence electrons. The molecule has 1 atom stereocenters. The molecule has 0 saturated carbocycles. The maximum absolute atomic E-state index is 12.0. The normalized spacial score (nSPS) is 17.6. The van der Waals surface area contributed by atoms with E-state index in [1.165, 1.54) is 0 Å². The summed E-state index contributed by atoms with van der Waals surface area (Å²) in [6, 6.07) is 8.84. The molecule has 0 bridgehead atoms. The summed E-state index contributed by atoms with van der Waals surface area (Å²) in [6.45, 7) is 3.01. The maximum atomic E-state index is 12.0. The van der Waals surface area contributed by atoms with Gasteiger partial charge in [0, 0.05) is 24.7 Å². The average Bonchev–Trinajstić information content (AvgIpc) is 2.48. The summed E-state index contributed by atoms with van der Waals surface area (Å²) >= 11 is 0. The number of hydrogen-bond donors (Lipinski definition) is 2. The molecule has 0 unspecified atom stereocenters. The fourth-order valence-corrected chi connectivity index (χ4v) is 2.39. The molecule has 5 nitrogen and oxygen atoms in total. The number of carbonyl (C=O) groups is 2. The Morgan fingerprint density at radius 1 is 1.25 bits per heavy atom. The van der Waals surface area contributed by atoms with E-state index >= 15 is 0 Å². The van der Waals surface area contributed by atoms with Crippen LogP contribution in [0.15, 0.2) is 30.3 Å². The predicted molar refractivity (Wildman–Crippen MR) is 77.2 cm³/mol. The first kappa shape index (κ1) is 14.5. The standard InChI is InChI=1S/C15H21N3O2/c1-11(16)15(20)18-9-7-13(8-10-18)17-14(19)12-5-3-2-4-6-12/h2-6,11,13H,7-10,16H2,1H3,(H,17,19)/t11-/m1/s1. The van der Waals surface area contributed by atoms with Crippen LogP contribution in [0, 0.1) is 0 Å². The fourth-order valence-electron chi connectivity index (χ4n) is 2.39. The zero-order valence-corrected chi connectivity index (χ0v) is 11.7. The molecule has 1 heterocycles. The quantitative estimate of drug-likeness (QED) is 0.855. The third-order valence-corrected chi connectivity index (χ3v) is 3.57. The molecule has 0 radical (unpaired) electrons. The highest BCUT2D eigenvalue weighted by molar-refractivity contribution is 5.94. The van der Waals surface area contributed by atoms with Crippen LogP contribution in [0.1, 0.15) is 30.1 Å². The highest BCUT2D eigenvalue weighted by Gasteiger charge is 2.25. The Balaban J connectivity index is 1.83. The van der Waals surface area contributed by atoms with Crippen molar-refractivity contribution in [2.45, 2.75) is 31.8 Å². The maximum Gasteiger partial charge on any atom is 0.251 e. The van der Waals surface area contributed by atoms with Crippen LogP contribution in [-0.4, -0.2) is 41.9 Å². The summed E-state index contributed by atoms with van der Waals surface area (Å²) in [5, 5.41) is 3.02. The van der Waals surface area contributed by atoms with E-state index in [-0.39, 0.29) is 17.9 Å². The summed E-state index contributed by atoms with van der Waals surface area (Å²) in [6.07, 6.45) is 1.55. The SMILES string of the molecule is C[C@@H](N)C(=O)N1CCC(NC(=O)c2ccccc2)CC1. The van der Waals surface area contributed by atoms with Crippen LogP contribution in [0.25, 0.3) is 0 Å². The molecule has 3 N–H and O–H groups in total. The number of benzene rings is 1. The van der Waals surface area contributed by atoms with Crippen molar-refractivity contribution < 1.29 is 9.59 Å². The van der Waals surface area contributed by atoms with Gasteiger partial charge in [-0.05, 0) is 31.9 Å². The van der Waals surface area contributed by atoms with Crippen LogP contribution in [0.5, 0.6) is 0 Å². The minimum absolute atomic E-state index is 0.0159. The molecule has 0 aromatic heterocycles. The molecule has 2 amide bonds. The monoisotopic (exact) mass is 275 g/mol. The molecular formula is C15H21N3O2. The van der Waals surface area contributed by atoms with Gasteiger partial charge in [0.2, 0.25) is 5.91 Å². The van der Waals surface area contributed by atoms with Crippen LogP contribution < -0.4 is 11.1 Å². The third-order valence-electron chi connectivity index (χ3n) is 3.57. The number of piperidine rings is 1. The summed E-state index contributed by atoms with van der Waals surface area (Å²) in [5.74, 6) is -0.0691. The number of rotatable bonds is 3. The van der Waals surface area contributed by atoms with E-state index in [0.717, 1.165) is 12.8 Å². The van der Waals surface area contributed by atoms with E-state index in [1.54, 1.807) is 24.0 Å². The van der Waals surface area contributed by atoms with E-state index in [1.807, 2.05) is 18.2 Å². The topological polar surface area (TPSA) is 75.4 Å². The van der Waals surface area contributed by atoms with Crippen LogP contribution in [-0.2, 0) is 4.79 Å². The second kappa shape index (κ2) is 6.52. The lowest BCUT2D eigenvalue weighted by molar-refractivity contribution is -0.133. The van der Waals surface area contributed by atoms with Gasteiger partial charge < -0.3 is 16.0 Å². The molecule has 1 fully saturated rings. The first-order chi connectivity index (χ1) is 9.58. The van der Waals surface area contributed by atoms with E-state index in [2.05, 4.69) is 5.32 Å². The van der Waals surface area contributed by atoms with Crippen molar-refractivity contribution in [3.8, 4) is 0 Å². The third kappa shape index (κ3) is 3.57. The average molecular weight is 275 g/mol. The van der Waals surface area contributed by atoms with Gasteiger partial charge in [0.15, 0.2) is 0 Å². The van der Waals surface area contributed by atoms with Gasteiger partial charge in [0.1, 0.15) is 0 Å². The first-order valence-electron chi connectivity index (χ1n) is 6.98. The van der Waals surface area contributed by atoms with Crippen molar-refractivity contribution in [2.24, 2.45) is 5.73 Å². The van der Waals surface area contributed by atoms with Crippen LogP contribution >= 0.6 is 0 Å². The number of likely N-dealkylation sites (tertiary alicyclic amines) is 1. The van der Waals surface area contributed by atoms with Gasteiger partial charge in [0.25, 0.3) is 5.91 Å². The van der Waals surface area contributed by atoms with Crippen LogP contribution in [0.4, 0.5) is 0 Å². The Bertz CT molecular complexity index is 465. The van der Waals surface area contributed by atoms with Gasteiger partial charge in [0.05, 0.1) is 6.04 Å². The lowest BCUT2D eigenvalue weighted by Crippen LogP contribution is -2.50. The summed E-state index contributed by atoms with van der Waals surface area (Å²) < 4.78 is 0. The van der Waals surface area contributed by atoms with Crippen molar-refractivity contribution in [1.82, 2.24) is 10.2 Å². The lowest BCUT2D eigenvalue weighted by Gasteiger charge is -2.33. The molecule has 20 heavy (non-hydrogen) atoms. The Morgan fingerprint density at radius 2 is 1.85 bits per heavy atom.